The van der Waals surface area contributed by atoms with Gasteiger partial charge in [-0.15, -0.1) is 0 Å². The third-order valence-electron chi connectivity index (χ3n) is 2.22. The van der Waals surface area contributed by atoms with Gasteiger partial charge in [0.2, 0.25) is 0 Å². The summed E-state index contributed by atoms with van der Waals surface area (Å²) in [5.41, 5.74) is 1.22. The Morgan fingerprint density at radius 3 is 2.82 bits per heavy atom. The van der Waals surface area contributed by atoms with Crippen LogP contribution in [0.15, 0.2) is 29.0 Å². The second kappa shape index (κ2) is 4.67. The summed E-state index contributed by atoms with van der Waals surface area (Å²) in [5.74, 6) is 0.288. The van der Waals surface area contributed by atoms with Crippen LogP contribution in [0.4, 0.5) is 0 Å². The number of methoxy groups -OCH3 is 1. The van der Waals surface area contributed by atoms with Crippen molar-refractivity contribution >= 4 is 21.9 Å². The molecule has 1 aromatic carbocycles. The normalized spacial score (nSPS) is 10.3. The minimum Gasteiger partial charge on any atom is -0.465 e. The maximum atomic E-state index is 11.4. The predicted octanol–water partition coefficient (Wildman–Crippen LogP) is 2.12. The van der Waals surface area contributed by atoms with E-state index in [1.165, 1.54) is 7.11 Å². The standard InChI is InChI=1S/C11H10BrN3O2/c1-7-13-6-15(14-7)10-5-8(11(16)17-2)3-4-9(10)12/h3-6H,1-2H3. The van der Waals surface area contributed by atoms with Crippen molar-refractivity contribution in [1.29, 1.82) is 0 Å². The number of carbonyl (C=O) groups excluding carboxylic acids is 1. The molecule has 2 aromatic rings. The Kier molecular flexibility index (Phi) is 3.23. The van der Waals surface area contributed by atoms with Gasteiger partial charge in [0, 0.05) is 4.47 Å². The molecular formula is C11H10BrN3O2. The van der Waals surface area contributed by atoms with Crippen LogP contribution in [0, 0.1) is 6.92 Å². The summed E-state index contributed by atoms with van der Waals surface area (Å²) >= 11 is 3.41. The Morgan fingerprint density at radius 2 is 2.24 bits per heavy atom. The number of hydrogen-bond donors (Lipinski definition) is 0. The van der Waals surface area contributed by atoms with Gasteiger partial charge in [0.15, 0.2) is 0 Å². The van der Waals surface area contributed by atoms with Crippen LogP contribution in [-0.2, 0) is 4.74 Å². The number of carbonyl (C=O) groups is 1. The van der Waals surface area contributed by atoms with Gasteiger partial charge in [-0.3, -0.25) is 0 Å². The summed E-state index contributed by atoms with van der Waals surface area (Å²) < 4.78 is 7.10. The second-order valence-electron chi connectivity index (χ2n) is 3.39. The molecule has 0 amide bonds. The molecule has 2 rings (SSSR count). The Labute approximate surface area is 107 Å². The molecule has 0 spiro atoms. The van der Waals surface area contributed by atoms with Gasteiger partial charge < -0.3 is 4.74 Å². The molecule has 0 aliphatic rings. The number of benzene rings is 1. The fourth-order valence-corrected chi connectivity index (χ4v) is 1.82. The first kappa shape index (κ1) is 11.8. The van der Waals surface area contributed by atoms with Crippen molar-refractivity contribution < 1.29 is 9.53 Å². The topological polar surface area (TPSA) is 57.0 Å². The van der Waals surface area contributed by atoms with E-state index in [9.17, 15) is 4.79 Å². The highest BCUT2D eigenvalue weighted by Gasteiger charge is 2.10. The smallest absolute Gasteiger partial charge is 0.337 e. The molecule has 0 aliphatic heterocycles. The maximum Gasteiger partial charge on any atom is 0.337 e. The highest BCUT2D eigenvalue weighted by Crippen LogP contribution is 2.22. The van der Waals surface area contributed by atoms with Gasteiger partial charge in [0.1, 0.15) is 12.2 Å². The third-order valence-corrected chi connectivity index (χ3v) is 2.89. The maximum absolute atomic E-state index is 11.4. The van der Waals surface area contributed by atoms with Crippen LogP contribution in [0.3, 0.4) is 0 Å². The van der Waals surface area contributed by atoms with Crippen molar-refractivity contribution in [2.24, 2.45) is 0 Å². The monoisotopic (exact) mass is 295 g/mol. The lowest BCUT2D eigenvalue weighted by Crippen LogP contribution is -2.04. The van der Waals surface area contributed by atoms with E-state index in [1.807, 2.05) is 0 Å². The van der Waals surface area contributed by atoms with Crippen molar-refractivity contribution in [2.45, 2.75) is 6.92 Å². The fraction of sp³-hybridized carbons (Fsp3) is 0.182. The van der Waals surface area contributed by atoms with E-state index in [1.54, 1.807) is 36.1 Å². The van der Waals surface area contributed by atoms with E-state index in [4.69, 9.17) is 0 Å². The summed E-state index contributed by atoms with van der Waals surface area (Å²) in [7, 11) is 1.35. The quantitative estimate of drug-likeness (QED) is 0.797. The number of aromatic nitrogens is 3. The largest absolute Gasteiger partial charge is 0.465 e. The number of rotatable bonds is 2. The zero-order chi connectivity index (χ0) is 12.4. The first-order valence-electron chi connectivity index (χ1n) is 4.88. The summed E-state index contributed by atoms with van der Waals surface area (Å²) in [5, 5.41) is 4.19. The lowest BCUT2D eigenvalue weighted by molar-refractivity contribution is 0.0600. The van der Waals surface area contributed by atoms with E-state index in [2.05, 4.69) is 30.7 Å². The molecule has 0 N–H and O–H groups in total. The fourth-order valence-electron chi connectivity index (χ4n) is 1.39. The van der Waals surface area contributed by atoms with Crippen molar-refractivity contribution in [3.63, 3.8) is 0 Å². The van der Waals surface area contributed by atoms with Crippen LogP contribution in [0.2, 0.25) is 0 Å². The molecular weight excluding hydrogens is 286 g/mol. The molecule has 5 nitrogen and oxygen atoms in total. The molecule has 0 atom stereocenters. The number of nitrogens with zero attached hydrogens (tertiary/aromatic N) is 3. The van der Waals surface area contributed by atoms with E-state index in [0.29, 0.717) is 11.4 Å². The van der Waals surface area contributed by atoms with Crippen molar-refractivity contribution in [1.82, 2.24) is 14.8 Å². The van der Waals surface area contributed by atoms with E-state index >= 15 is 0 Å². The van der Waals surface area contributed by atoms with Gasteiger partial charge in [-0.05, 0) is 41.1 Å². The summed E-state index contributed by atoms with van der Waals surface area (Å²) in [4.78, 5) is 15.5. The lowest BCUT2D eigenvalue weighted by Gasteiger charge is -2.06. The Bertz CT molecular complexity index is 566. The molecule has 17 heavy (non-hydrogen) atoms. The number of halogens is 1. The molecule has 0 saturated heterocycles. The molecule has 0 aliphatic carbocycles. The summed E-state index contributed by atoms with van der Waals surface area (Å²) in [6.45, 7) is 1.80. The number of hydrogen-bond acceptors (Lipinski definition) is 4. The van der Waals surface area contributed by atoms with E-state index in [0.717, 1.165) is 10.2 Å². The molecule has 1 aromatic heterocycles. The minimum absolute atomic E-state index is 0.379. The Hall–Kier alpha value is -1.69. The average molecular weight is 296 g/mol. The number of ether oxygens (including phenoxy) is 1. The zero-order valence-corrected chi connectivity index (χ0v) is 10.9. The number of esters is 1. The van der Waals surface area contributed by atoms with E-state index < -0.39 is 0 Å². The second-order valence-corrected chi connectivity index (χ2v) is 4.25. The van der Waals surface area contributed by atoms with Crippen LogP contribution in [-0.4, -0.2) is 27.8 Å². The minimum atomic E-state index is -0.379. The molecule has 1 heterocycles. The molecule has 0 bridgehead atoms. The van der Waals surface area contributed by atoms with Crippen LogP contribution >= 0.6 is 15.9 Å². The van der Waals surface area contributed by atoms with Crippen LogP contribution in [0.25, 0.3) is 5.69 Å². The molecule has 0 fully saturated rings. The van der Waals surface area contributed by atoms with Gasteiger partial charge in [-0.1, -0.05) is 0 Å². The van der Waals surface area contributed by atoms with E-state index in [-0.39, 0.29) is 5.97 Å². The van der Waals surface area contributed by atoms with Crippen molar-refractivity contribution in [3.8, 4) is 5.69 Å². The van der Waals surface area contributed by atoms with Crippen LogP contribution in [0.5, 0.6) is 0 Å². The SMILES string of the molecule is COC(=O)c1ccc(Br)c(-n2cnc(C)n2)c1. The summed E-state index contributed by atoms with van der Waals surface area (Å²) in [6, 6.07) is 5.16. The lowest BCUT2D eigenvalue weighted by atomic mass is 10.2. The molecule has 0 saturated carbocycles. The highest BCUT2D eigenvalue weighted by molar-refractivity contribution is 9.10. The Balaban J connectivity index is 2.49. The van der Waals surface area contributed by atoms with Crippen LogP contribution < -0.4 is 0 Å². The molecule has 0 unspecified atom stereocenters. The number of aryl methyl sites for hydroxylation is 1. The molecule has 88 valence electrons. The third kappa shape index (κ3) is 2.36. The van der Waals surface area contributed by atoms with Gasteiger partial charge in [-0.25, -0.2) is 14.5 Å². The van der Waals surface area contributed by atoms with Crippen molar-refractivity contribution in [3.05, 3.63) is 40.4 Å². The van der Waals surface area contributed by atoms with Gasteiger partial charge in [0.05, 0.1) is 18.4 Å². The van der Waals surface area contributed by atoms with Gasteiger partial charge in [-0.2, -0.15) is 5.10 Å². The Morgan fingerprint density at radius 1 is 1.47 bits per heavy atom. The predicted molar refractivity (Wildman–Crippen MR) is 65.1 cm³/mol. The molecule has 0 radical (unpaired) electrons. The average Bonchev–Trinajstić information content (AvgIpc) is 2.75. The highest BCUT2D eigenvalue weighted by atomic mass is 79.9. The van der Waals surface area contributed by atoms with Gasteiger partial charge >= 0.3 is 5.97 Å². The first-order valence-corrected chi connectivity index (χ1v) is 5.67. The van der Waals surface area contributed by atoms with Crippen molar-refractivity contribution in [2.75, 3.05) is 7.11 Å². The summed E-state index contributed by atoms with van der Waals surface area (Å²) in [6.07, 6.45) is 1.59. The van der Waals surface area contributed by atoms with Crippen LogP contribution in [0.1, 0.15) is 16.2 Å². The molecule has 6 heteroatoms. The first-order chi connectivity index (χ1) is 8.11. The zero-order valence-electron chi connectivity index (χ0n) is 9.35. The van der Waals surface area contributed by atoms with Gasteiger partial charge in [0.25, 0.3) is 0 Å².